The van der Waals surface area contributed by atoms with Gasteiger partial charge in [-0.1, -0.05) is 30.9 Å². The third kappa shape index (κ3) is 2.05. The van der Waals surface area contributed by atoms with E-state index in [9.17, 15) is 4.39 Å². The molecule has 0 radical (unpaired) electrons. The molecule has 0 aliphatic carbocycles. The maximum Gasteiger partial charge on any atom is 0.131 e. The minimum atomic E-state index is -0.229. The molecule has 1 rings (SSSR count). The van der Waals surface area contributed by atoms with Crippen LogP contribution < -0.4 is 0 Å². The molecular formula is C12H13F. The van der Waals surface area contributed by atoms with Crippen LogP contribution in [0.3, 0.4) is 0 Å². The summed E-state index contributed by atoms with van der Waals surface area (Å²) >= 11 is 0. The quantitative estimate of drug-likeness (QED) is 0.641. The first-order valence-electron chi connectivity index (χ1n) is 4.13. The monoisotopic (exact) mass is 176 g/mol. The van der Waals surface area contributed by atoms with E-state index in [1.54, 1.807) is 13.0 Å². The molecule has 0 saturated carbocycles. The molecule has 0 amide bonds. The van der Waals surface area contributed by atoms with Crippen LogP contribution >= 0.6 is 0 Å². The highest BCUT2D eigenvalue weighted by atomic mass is 19.1. The van der Waals surface area contributed by atoms with Gasteiger partial charge in [-0.2, -0.15) is 0 Å². The van der Waals surface area contributed by atoms with Gasteiger partial charge in [0.2, 0.25) is 0 Å². The highest BCUT2D eigenvalue weighted by Crippen LogP contribution is 2.20. The smallest absolute Gasteiger partial charge is 0.131 e. The van der Waals surface area contributed by atoms with Crippen molar-refractivity contribution in [3.8, 4) is 0 Å². The van der Waals surface area contributed by atoms with Gasteiger partial charge in [0.1, 0.15) is 5.82 Å². The Morgan fingerprint density at radius 3 is 2.15 bits per heavy atom. The zero-order chi connectivity index (χ0) is 10.0. The predicted octanol–water partition coefficient (Wildman–Crippen LogP) is 3.89. The van der Waals surface area contributed by atoms with Crippen molar-refractivity contribution in [2.75, 3.05) is 0 Å². The topological polar surface area (TPSA) is 0 Å². The van der Waals surface area contributed by atoms with Crippen molar-refractivity contribution in [1.82, 2.24) is 0 Å². The van der Waals surface area contributed by atoms with E-state index in [0.717, 1.165) is 16.7 Å². The molecule has 0 N–H and O–H groups in total. The Morgan fingerprint density at radius 2 is 1.77 bits per heavy atom. The molecule has 13 heavy (non-hydrogen) atoms. The largest absolute Gasteiger partial charge is 0.206 e. The zero-order valence-corrected chi connectivity index (χ0v) is 8.02. The van der Waals surface area contributed by atoms with E-state index in [-0.39, 0.29) is 5.82 Å². The van der Waals surface area contributed by atoms with Crippen molar-refractivity contribution in [3.63, 3.8) is 0 Å². The lowest BCUT2D eigenvalue weighted by molar-refractivity contribution is 0.623. The normalized spacial score (nSPS) is 9.77. The maximum absolute atomic E-state index is 13.4. The summed E-state index contributed by atoms with van der Waals surface area (Å²) in [7, 11) is 0. The fourth-order valence-electron chi connectivity index (χ4n) is 1.13. The first-order chi connectivity index (χ1) is 6.02. The summed E-state index contributed by atoms with van der Waals surface area (Å²) in [5.74, 6) is -0.229. The summed E-state index contributed by atoms with van der Waals surface area (Å²) in [6.07, 6.45) is 0. The van der Waals surface area contributed by atoms with E-state index in [1.165, 1.54) is 6.07 Å². The summed E-state index contributed by atoms with van der Waals surface area (Å²) in [4.78, 5) is 0. The van der Waals surface area contributed by atoms with Gasteiger partial charge in [0, 0.05) is 5.56 Å². The van der Waals surface area contributed by atoms with Gasteiger partial charge in [-0.05, 0) is 31.1 Å². The average Bonchev–Trinajstić information content (AvgIpc) is 2.03. The second-order valence-electron chi connectivity index (χ2n) is 3.26. The first-order valence-corrected chi connectivity index (χ1v) is 4.13. The molecule has 0 aliphatic heterocycles. The Labute approximate surface area is 78.4 Å². The van der Waals surface area contributed by atoms with Gasteiger partial charge >= 0.3 is 0 Å². The van der Waals surface area contributed by atoms with Crippen LogP contribution in [0.1, 0.15) is 25.0 Å². The van der Waals surface area contributed by atoms with E-state index < -0.39 is 0 Å². The zero-order valence-electron chi connectivity index (χ0n) is 8.02. The Morgan fingerprint density at radius 1 is 1.15 bits per heavy atom. The summed E-state index contributed by atoms with van der Waals surface area (Å²) < 4.78 is 13.4. The van der Waals surface area contributed by atoms with E-state index in [4.69, 9.17) is 0 Å². The van der Waals surface area contributed by atoms with E-state index >= 15 is 0 Å². The number of allylic oxidation sites excluding steroid dienone is 2. The minimum absolute atomic E-state index is 0.229. The first kappa shape index (κ1) is 9.72. The molecule has 0 nitrogen and oxygen atoms in total. The van der Waals surface area contributed by atoms with Crippen molar-refractivity contribution in [1.29, 1.82) is 0 Å². The van der Waals surface area contributed by atoms with Crippen LogP contribution in [-0.2, 0) is 0 Å². The van der Waals surface area contributed by atoms with Crippen LogP contribution in [0.25, 0.3) is 11.1 Å². The number of halogens is 1. The molecule has 0 saturated heterocycles. The summed E-state index contributed by atoms with van der Waals surface area (Å²) in [5.41, 5.74) is 3.02. The van der Waals surface area contributed by atoms with Gasteiger partial charge in [-0.3, -0.25) is 0 Å². The van der Waals surface area contributed by atoms with E-state index in [0.29, 0.717) is 5.56 Å². The highest BCUT2D eigenvalue weighted by Gasteiger charge is 2.03. The van der Waals surface area contributed by atoms with Crippen molar-refractivity contribution in [2.45, 2.75) is 13.8 Å². The van der Waals surface area contributed by atoms with Crippen molar-refractivity contribution < 1.29 is 4.39 Å². The van der Waals surface area contributed by atoms with Crippen molar-refractivity contribution in [2.24, 2.45) is 0 Å². The second-order valence-corrected chi connectivity index (χ2v) is 3.26. The second kappa shape index (κ2) is 3.56. The molecule has 0 spiro atoms. The fraction of sp³-hybridized carbons (Fsp3) is 0.167. The molecule has 1 heteroatoms. The number of benzene rings is 1. The summed E-state index contributed by atoms with van der Waals surface area (Å²) in [6, 6.07) is 5.09. The molecule has 0 aromatic heterocycles. The minimum Gasteiger partial charge on any atom is -0.206 e. The highest BCUT2D eigenvalue weighted by molar-refractivity contribution is 5.67. The lowest BCUT2D eigenvalue weighted by atomic mass is 10.0. The van der Waals surface area contributed by atoms with Crippen LogP contribution in [0.4, 0.5) is 4.39 Å². The maximum atomic E-state index is 13.4. The lowest BCUT2D eigenvalue weighted by Gasteiger charge is -2.04. The van der Waals surface area contributed by atoms with Gasteiger partial charge in [-0.25, -0.2) is 4.39 Å². The summed E-state index contributed by atoms with van der Waals surface area (Å²) in [5, 5.41) is 0. The molecule has 0 unspecified atom stereocenters. The van der Waals surface area contributed by atoms with Crippen molar-refractivity contribution in [3.05, 3.63) is 48.3 Å². The number of hydrogen-bond donors (Lipinski definition) is 0. The molecule has 1 aromatic rings. The van der Waals surface area contributed by atoms with Gasteiger partial charge in [0.25, 0.3) is 0 Å². The fourth-order valence-corrected chi connectivity index (χ4v) is 1.13. The van der Waals surface area contributed by atoms with Crippen LogP contribution in [-0.4, -0.2) is 0 Å². The Kier molecular flexibility index (Phi) is 2.66. The number of hydrogen-bond acceptors (Lipinski definition) is 0. The Bertz CT molecular complexity index is 361. The van der Waals surface area contributed by atoms with Crippen LogP contribution in [0.2, 0.25) is 0 Å². The van der Waals surface area contributed by atoms with E-state index in [2.05, 4.69) is 13.2 Å². The van der Waals surface area contributed by atoms with E-state index in [1.807, 2.05) is 13.0 Å². The van der Waals surface area contributed by atoms with Gasteiger partial charge in [0.15, 0.2) is 0 Å². The summed E-state index contributed by atoms with van der Waals surface area (Å²) in [6.45, 7) is 11.1. The third-order valence-corrected chi connectivity index (χ3v) is 1.92. The average molecular weight is 176 g/mol. The Hall–Kier alpha value is -1.37. The van der Waals surface area contributed by atoms with Gasteiger partial charge in [0.05, 0.1) is 0 Å². The molecule has 0 atom stereocenters. The lowest BCUT2D eigenvalue weighted by Crippen LogP contribution is -1.88. The molecule has 0 aliphatic rings. The number of rotatable bonds is 2. The van der Waals surface area contributed by atoms with Crippen molar-refractivity contribution >= 4 is 11.1 Å². The molecule has 0 fully saturated rings. The Balaban J connectivity index is 3.20. The van der Waals surface area contributed by atoms with Crippen LogP contribution in [0.5, 0.6) is 0 Å². The van der Waals surface area contributed by atoms with Gasteiger partial charge in [-0.15, -0.1) is 0 Å². The van der Waals surface area contributed by atoms with Crippen LogP contribution in [0, 0.1) is 5.82 Å². The predicted molar refractivity (Wildman–Crippen MR) is 55.8 cm³/mol. The molecule has 1 aromatic carbocycles. The molecule has 0 heterocycles. The third-order valence-electron chi connectivity index (χ3n) is 1.92. The van der Waals surface area contributed by atoms with Crippen LogP contribution in [0.15, 0.2) is 31.4 Å². The molecule has 0 bridgehead atoms. The van der Waals surface area contributed by atoms with Gasteiger partial charge < -0.3 is 0 Å². The molecular weight excluding hydrogens is 163 g/mol. The standard InChI is InChI=1S/C12H13F/c1-8(2)10-5-6-11(9(3)4)12(13)7-10/h5-7H,1,3H2,2,4H3. The SMILES string of the molecule is C=C(C)c1ccc(C(=C)C)c(F)c1. The molecule has 68 valence electrons.